The maximum Gasteiger partial charge on any atom is 0.0436 e. The van der Waals surface area contributed by atoms with Gasteiger partial charge in [0, 0.05) is 6.21 Å². The van der Waals surface area contributed by atoms with Gasteiger partial charge < -0.3 is 5.21 Å². The van der Waals surface area contributed by atoms with Crippen molar-refractivity contribution < 1.29 is 5.21 Å². The number of oxime groups is 1. The molecule has 2 nitrogen and oxygen atoms in total. The van der Waals surface area contributed by atoms with Crippen LogP contribution in [0.5, 0.6) is 0 Å². The van der Waals surface area contributed by atoms with E-state index in [1.807, 2.05) is 24.3 Å². The maximum atomic E-state index is 8.17. The van der Waals surface area contributed by atoms with E-state index >= 15 is 0 Å². The van der Waals surface area contributed by atoms with Crippen LogP contribution in [0.4, 0.5) is 0 Å². The number of hydrogen-bond donors (Lipinski definition) is 1. The van der Waals surface area contributed by atoms with Gasteiger partial charge in [-0.25, -0.2) is 0 Å². The molecular formula is C10H13NO. The molecule has 0 fully saturated rings. The summed E-state index contributed by atoms with van der Waals surface area (Å²) < 4.78 is 0. The average Bonchev–Trinajstić information content (AvgIpc) is 2.33. The van der Waals surface area contributed by atoms with Gasteiger partial charge in [-0.2, -0.15) is 0 Å². The molecule has 1 N–H and O–H groups in total. The third-order valence-corrected chi connectivity index (χ3v) is 1.76. The molecule has 0 aliphatic heterocycles. The van der Waals surface area contributed by atoms with Crippen molar-refractivity contribution in [1.82, 2.24) is 0 Å². The minimum atomic E-state index is 0.470. The van der Waals surface area contributed by atoms with Gasteiger partial charge in [0.15, 0.2) is 0 Å². The molecule has 0 unspecified atom stereocenters. The largest absolute Gasteiger partial charge is 0.411 e. The third-order valence-electron chi connectivity index (χ3n) is 1.76. The van der Waals surface area contributed by atoms with Gasteiger partial charge in [-0.05, 0) is 18.8 Å². The van der Waals surface area contributed by atoms with Crippen LogP contribution in [-0.2, 0) is 0 Å². The molecule has 0 amide bonds. The molecule has 64 valence electrons. The van der Waals surface area contributed by atoms with Crippen LogP contribution >= 0.6 is 0 Å². The third kappa shape index (κ3) is 3.19. The first kappa shape index (κ1) is 8.78. The molecule has 0 aromatic heterocycles. The van der Waals surface area contributed by atoms with Gasteiger partial charge in [0.25, 0.3) is 0 Å². The fraction of sp³-hybridized carbons (Fsp3) is 0.300. The molecule has 1 aliphatic carbocycles. The van der Waals surface area contributed by atoms with E-state index in [-0.39, 0.29) is 0 Å². The fourth-order valence-electron chi connectivity index (χ4n) is 1.12. The Morgan fingerprint density at radius 3 is 2.42 bits per heavy atom. The Morgan fingerprint density at radius 2 is 1.83 bits per heavy atom. The highest BCUT2D eigenvalue weighted by molar-refractivity contribution is 5.56. The second kappa shape index (κ2) is 5.35. The van der Waals surface area contributed by atoms with E-state index in [9.17, 15) is 0 Å². The molecule has 0 atom stereocenters. The Morgan fingerprint density at radius 1 is 1.17 bits per heavy atom. The SMILES string of the molecule is O/N=C/CCC1C=CC=CC=C1. The molecule has 0 saturated carbocycles. The Hall–Kier alpha value is -1.31. The van der Waals surface area contributed by atoms with E-state index in [0.717, 1.165) is 12.8 Å². The Kier molecular flexibility index (Phi) is 3.92. The summed E-state index contributed by atoms with van der Waals surface area (Å²) in [5.41, 5.74) is 0. The summed E-state index contributed by atoms with van der Waals surface area (Å²) in [6, 6.07) is 0. The maximum absolute atomic E-state index is 8.17. The molecule has 0 radical (unpaired) electrons. The topological polar surface area (TPSA) is 32.6 Å². The second-order valence-electron chi connectivity index (χ2n) is 2.69. The molecule has 0 aromatic rings. The van der Waals surface area contributed by atoms with Crippen molar-refractivity contribution in [3.8, 4) is 0 Å². The molecule has 1 aliphatic rings. The predicted octanol–water partition coefficient (Wildman–Crippen LogP) is 2.53. The van der Waals surface area contributed by atoms with Crippen LogP contribution in [0.3, 0.4) is 0 Å². The standard InChI is InChI=1S/C10H13NO/c12-11-9-5-8-10-6-3-1-2-4-7-10/h1-4,6-7,9-10,12H,5,8H2/b11-9+. The lowest BCUT2D eigenvalue weighted by Gasteiger charge is -2.02. The summed E-state index contributed by atoms with van der Waals surface area (Å²) in [7, 11) is 0. The van der Waals surface area contributed by atoms with E-state index in [0.29, 0.717) is 5.92 Å². The average molecular weight is 163 g/mol. The van der Waals surface area contributed by atoms with Crippen molar-refractivity contribution in [2.45, 2.75) is 12.8 Å². The second-order valence-corrected chi connectivity index (χ2v) is 2.69. The first-order valence-corrected chi connectivity index (χ1v) is 4.11. The van der Waals surface area contributed by atoms with Crippen LogP contribution in [0.15, 0.2) is 41.6 Å². The predicted molar refractivity (Wildman–Crippen MR) is 50.4 cm³/mol. The molecule has 2 heteroatoms. The summed E-state index contributed by atoms with van der Waals surface area (Å²) in [6.07, 6.45) is 15.7. The van der Waals surface area contributed by atoms with Gasteiger partial charge in [-0.15, -0.1) is 5.16 Å². The van der Waals surface area contributed by atoms with Crippen LogP contribution in [-0.4, -0.2) is 11.4 Å². The van der Waals surface area contributed by atoms with Crippen LogP contribution in [0.25, 0.3) is 0 Å². The number of nitrogens with zero attached hydrogens (tertiary/aromatic N) is 1. The minimum Gasteiger partial charge on any atom is -0.411 e. The fourth-order valence-corrected chi connectivity index (χ4v) is 1.12. The first-order valence-electron chi connectivity index (χ1n) is 4.11. The molecule has 0 bridgehead atoms. The summed E-state index contributed by atoms with van der Waals surface area (Å²) in [5.74, 6) is 0.470. The number of hydrogen-bond acceptors (Lipinski definition) is 2. The zero-order valence-electron chi connectivity index (χ0n) is 6.93. The van der Waals surface area contributed by atoms with Crippen molar-refractivity contribution in [3.05, 3.63) is 36.5 Å². The van der Waals surface area contributed by atoms with Crippen molar-refractivity contribution in [2.75, 3.05) is 0 Å². The molecular weight excluding hydrogens is 150 g/mol. The van der Waals surface area contributed by atoms with Crippen molar-refractivity contribution >= 4 is 6.21 Å². The molecule has 1 rings (SSSR count). The lowest BCUT2D eigenvalue weighted by molar-refractivity contribution is 0.320. The van der Waals surface area contributed by atoms with Crippen molar-refractivity contribution in [1.29, 1.82) is 0 Å². The van der Waals surface area contributed by atoms with Gasteiger partial charge in [0.05, 0.1) is 0 Å². The lowest BCUT2D eigenvalue weighted by atomic mass is 10.0. The van der Waals surface area contributed by atoms with E-state index < -0.39 is 0 Å². The van der Waals surface area contributed by atoms with Gasteiger partial charge >= 0.3 is 0 Å². The quantitative estimate of drug-likeness (QED) is 0.387. The van der Waals surface area contributed by atoms with E-state index in [1.165, 1.54) is 6.21 Å². The van der Waals surface area contributed by atoms with Gasteiger partial charge in [-0.3, -0.25) is 0 Å². The molecule has 0 aromatic carbocycles. The van der Waals surface area contributed by atoms with Crippen LogP contribution < -0.4 is 0 Å². The highest BCUT2D eigenvalue weighted by Gasteiger charge is 1.98. The Labute approximate surface area is 72.6 Å². The van der Waals surface area contributed by atoms with Gasteiger partial charge in [0.2, 0.25) is 0 Å². The van der Waals surface area contributed by atoms with Crippen molar-refractivity contribution in [2.24, 2.45) is 11.1 Å². The highest BCUT2D eigenvalue weighted by Crippen LogP contribution is 2.11. The zero-order valence-corrected chi connectivity index (χ0v) is 6.93. The van der Waals surface area contributed by atoms with E-state index in [1.54, 1.807) is 0 Å². The highest BCUT2D eigenvalue weighted by atomic mass is 16.4. The van der Waals surface area contributed by atoms with E-state index in [2.05, 4.69) is 17.3 Å². The van der Waals surface area contributed by atoms with Gasteiger partial charge in [-0.1, -0.05) is 36.5 Å². The minimum absolute atomic E-state index is 0.470. The van der Waals surface area contributed by atoms with Crippen molar-refractivity contribution in [3.63, 3.8) is 0 Å². The lowest BCUT2D eigenvalue weighted by Crippen LogP contribution is -1.91. The number of rotatable bonds is 3. The number of allylic oxidation sites excluding steroid dienone is 6. The van der Waals surface area contributed by atoms with Gasteiger partial charge in [0.1, 0.15) is 0 Å². The summed E-state index contributed by atoms with van der Waals surface area (Å²) in [4.78, 5) is 0. The summed E-state index contributed by atoms with van der Waals surface area (Å²) in [6.45, 7) is 0. The summed E-state index contributed by atoms with van der Waals surface area (Å²) in [5, 5.41) is 11.1. The molecule has 0 spiro atoms. The van der Waals surface area contributed by atoms with E-state index in [4.69, 9.17) is 5.21 Å². The molecule has 0 heterocycles. The molecule has 0 saturated heterocycles. The monoisotopic (exact) mass is 163 g/mol. The molecule has 12 heavy (non-hydrogen) atoms. The zero-order chi connectivity index (χ0) is 8.65. The van der Waals surface area contributed by atoms with Crippen LogP contribution in [0.2, 0.25) is 0 Å². The van der Waals surface area contributed by atoms with Crippen LogP contribution in [0, 0.1) is 5.92 Å². The van der Waals surface area contributed by atoms with Crippen LogP contribution in [0.1, 0.15) is 12.8 Å². The first-order chi connectivity index (χ1) is 5.93. The Bertz CT molecular complexity index is 210. The Balaban J connectivity index is 2.32. The normalized spacial score (nSPS) is 17.3. The smallest absolute Gasteiger partial charge is 0.0436 e. The summed E-state index contributed by atoms with van der Waals surface area (Å²) >= 11 is 0.